The van der Waals surface area contributed by atoms with Crippen molar-refractivity contribution in [2.45, 2.75) is 13.8 Å². The monoisotopic (exact) mass is 162 g/mol. The Morgan fingerprint density at radius 3 is 1.78 bits per heavy atom. The van der Waals surface area contributed by atoms with Crippen molar-refractivity contribution in [1.82, 2.24) is 0 Å². The van der Waals surface area contributed by atoms with Gasteiger partial charge in [-0.1, -0.05) is 0 Å². The van der Waals surface area contributed by atoms with Crippen LogP contribution in [0.4, 0.5) is 0 Å². The Bertz CT molecular complexity index is 49.1. The van der Waals surface area contributed by atoms with Crippen LogP contribution in [-0.2, 0) is 9.05 Å². The van der Waals surface area contributed by atoms with Crippen LogP contribution in [-0.4, -0.2) is 47.7 Å². The third-order valence-electron chi connectivity index (χ3n) is 0.479. The van der Waals surface area contributed by atoms with E-state index in [-0.39, 0.29) is 29.6 Å². The van der Waals surface area contributed by atoms with E-state index in [2.05, 4.69) is 9.05 Å². The zero-order valence-corrected chi connectivity index (χ0v) is 6.02. The van der Waals surface area contributed by atoms with E-state index in [4.69, 9.17) is 4.89 Å². The molecule has 3 nitrogen and oxygen atoms in total. The van der Waals surface area contributed by atoms with Crippen molar-refractivity contribution in [3.8, 4) is 0 Å². The van der Waals surface area contributed by atoms with Crippen molar-refractivity contribution in [2.75, 3.05) is 13.2 Å². The fraction of sp³-hybridized carbons (Fsp3) is 1.00. The molecule has 0 saturated carbocycles. The van der Waals surface area contributed by atoms with Crippen LogP contribution in [0.3, 0.4) is 0 Å². The first-order chi connectivity index (χ1) is 3.81. The molecule has 0 radical (unpaired) electrons. The molecule has 1 N–H and O–H groups in total. The second-order valence-corrected chi connectivity index (χ2v) is 2.07. The fourth-order valence-electron chi connectivity index (χ4n) is 0.258. The summed E-state index contributed by atoms with van der Waals surface area (Å²) in [6, 6.07) is 0. The van der Waals surface area contributed by atoms with Crippen LogP contribution < -0.4 is 0 Å². The standard InChI is InChI=1S/C4H11O3P.Na.H/c1-3-6-8(5)7-4-2;;/h5H,3-4H2,1-2H3;;. The van der Waals surface area contributed by atoms with Crippen molar-refractivity contribution in [1.29, 1.82) is 0 Å². The fourth-order valence-corrected chi connectivity index (χ4v) is 0.774. The van der Waals surface area contributed by atoms with E-state index in [1.807, 2.05) is 13.8 Å². The third kappa shape index (κ3) is 9.31. The zero-order valence-electron chi connectivity index (χ0n) is 5.13. The van der Waals surface area contributed by atoms with E-state index in [0.717, 1.165) is 0 Å². The molecule has 0 saturated heterocycles. The van der Waals surface area contributed by atoms with E-state index >= 15 is 0 Å². The van der Waals surface area contributed by atoms with Crippen molar-refractivity contribution in [3.05, 3.63) is 0 Å². The average molecular weight is 162 g/mol. The maximum atomic E-state index is 8.67. The molecule has 52 valence electrons. The van der Waals surface area contributed by atoms with Crippen molar-refractivity contribution in [3.63, 3.8) is 0 Å². The molecule has 0 aliphatic rings. The molecule has 5 heteroatoms. The van der Waals surface area contributed by atoms with E-state index in [9.17, 15) is 0 Å². The van der Waals surface area contributed by atoms with Gasteiger partial charge in [0.05, 0.1) is 13.2 Å². The van der Waals surface area contributed by atoms with Crippen LogP contribution in [0.5, 0.6) is 0 Å². The molecule has 0 aromatic rings. The Morgan fingerprint density at radius 1 is 1.22 bits per heavy atom. The molecule has 0 unspecified atom stereocenters. The molecule has 9 heavy (non-hydrogen) atoms. The van der Waals surface area contributed by atoms with Gasteiger partial charge in [0, 0.05) is 0 Å². The normalized spacial score (nSPS) is 9.33. The Kier molecular flexibility index (Phi) is 13.4. The van der Waals surface area contributed by atoms with E-state index in [1.54, 1.807) is 0 Å². The minimum atomic E-state index is -1.58. The van der Waals surface area contributed by atoms with Crippen LogP contribution in [0.2, 0.25) is 0 Å². The summed E-state index contributed by atoms with van der Waals surface area (Å²) >= 11 is 0. The van der Waals surface area contributed by atoms with Crippen molar-refractivity contribution in [2.24, 2.45) is 0 Å². The number of rotatable bonds is 4. The first kappa shape index (κ1) is 12.9. The van der Waals surface area contributed by atoms with Gasteiger partial charge in [-0.2, -0.15) is 0 Å². The summed E-state index contributed by atoms with van der Waals surface area (Å²) in [6.45, 7) is 4.62. The topological polar surface area (TPSA) is 38.7 Å². The van der Waals surface area contributed by atoms with Gasteiger partial charge in [-0.15, -0.1) is 0 Å². The molecule has 0 amide bonds. The van der Waals surface area contributed by atoms with Gasteiger partial charge in [0.25, 0.3) is 0 Å². The molecule has 0 aromatic carbocycles. The van der Waals surface area contributed by atoms with Gasteiger partial charge in [-0.3, -0.25) is 0 Å². The summed E-state index contributed by atoms with van der Waals surface area (Å²) < 4.78 is 9.36. The van der Waals surface area contributed by atoms with Crippen LogP contribution in [0.15, 0.2) is 0 Å². The van der Waals surface area contributed by atoms with Gasteiger partial charge in [-0.25, -0.2) is 0 Å². The Labute approximate surface area is 79.0 Å². The van der Waals surface area contributed by atoms with Crippen molar-refractivity contribution < 1.29 is 13.9 Å². The second-order valence-electron chi connectivity index (χ2n) is 1.07. The van der Waals surface area contributed by atoms with E-state index in [1.165, 1.54) is 0 Å². The van der Waals surface area contributed by atoms with Gasteiger partial charge in [-0.05, 0) is 13.8 Å². The number of hydrogen-bond donors (Lipinski definition) is 1. The summed E-state index contributed by atoms with van der Waals surface area (Å²) in [5.74, 6) is 0. The molecule has 0 atom stereocenters. The predicted octanol–water partition coefficient (Wildman–Crippen LogP) is 0.630. The van der Waals surface area contributed by atoms with Gasteiger partial charge in [0.2, 0.25) is 0 Å². The molecular formula is C4H12NaO3P. The van der Waals surface area contributed by atoms with Crippen LogP contribution in [0.1, 0.15) is 13.8 Å². The van der Waals surface area contributed by atoms with Crippen LogP contribution >= 0.6 is 8.60 Å². The van der Waals surface area contributed by atoms with E-state index in [0.29, 0.717) is 13.2 Å². The average Bonchev–Trinajstić information content (AvgIpc) is 1.68. The molecule has 0 bridgehead atoms. The SMILES string of the molecule is CCOP(O)OCC.[NaH]. The first-order valence-corrected chi connectivity index (χ1v) is 3.69. The van der Waals surface area contributed by atoms with Crippen LogP contribution in [0.25, 0.3) is 0 Å². The Balaban J connectivity index is 0. The van der Waals surface area contributed by atoms with Gasteiger partial charge < -0.3 is 13.9 Å². The van der Waals surface area contributed by atoms with Crippen molar-refractivity contribution >= 4 is 38.2 Å². The van der Waals surface area contributed by atoms with Gasteiger partial charge >= 0.3 is 38.2 Å². The predicted molar refractivity (Wildman–Crippen MR) is 39.5 cm³/mol. The number of hydrogen-bond acceptors (Lipinski definition) is 3. The molecule has 0 spiro atoms. The third-order valence-corrected chi connectivity index (χ3v) is 1.44. The molecule has 0 heterocycles. The summed E-state index contributed by atoms with van der Waals surface area (Å²) in [5, 5.41) is 0. The van der Waals surface area contributed by atoms with Gasteiger partial charge in [0.15, 0.2) is 0 Å². The Hall–Kier alpha value is 1.31. The molecule has 0 aliphatic carbocycles. The zero-order chi connectivity index (χ0) is 6.41. The van der Waals surface area contributed by atoms with E-state index < -0.39 is 8.60 Å². The van der Waals surface area contributed by atoms with Crippen LogP contribution in [0, 0.1) is 0 Å². The second kappa shape index (κ2) is 9.31. The minimum absolute atomic E-state index is 0. The quantitative estimate of drug-likeness (QED) is 0.486. The summed E-state index contributed by atoms with van der Waals surface area (Å²) in [5.41, 5.74) is 0. The molecular weight excluding hydrogens is 150 g/mol. The first-order valence-electron chi connectivity index (χ1n) is 2.56. The summed E-state index contributed by atoms with van der Waals surface area (Å²) in [4.78, 5) is 8.67. The molecule has 0 aromatic heterocycles. The molecule has 0 rings (SSSR count). The molecule has 0 fully saturated rings. The Morgan fingerprint density at radius 2 is 1.56 bits per heavy atom. The maximum absolute atomic E-state index is 8.67. The summed E-state index contributed by atoms with van der Waals surface area (Å²) in [7, 11) is -1.58. The summed E-state index contributed by atoms with van der Waals surface area (Å²) in [6.07, 6.45) is 0. The van der Waals surface area contributed by atoms with Gasteiger partial charge in [0.1, 0.15) is 0 Å². The molecule has 0 aliphatic heterocycles.